The largest absolute Gasteiger partial charge is 0.347 e. The monoisotopic (exact) mass is 274 g/mol. The van der Waals surface area contributed by atoms with Crippen LogP contribution in [-0.4, -0.2) is 37.5 Å². The standard InChI is InChI=1S/C17H26N2O/c1-4-13-5-7-14(8-6-13)11-15-9-10-18-16(12-15)17(20)19(2)3/h5-8,15-16,18H,4,9-12H2,1-3H3. The zero-order valence-electron chi connectivity index (χ0n) is 12.9. The summed E-state index contributed by atoms with van der Waals surface area (Å²) >= 11 is 0. The van der Waals surface area contributed by atoms with E-state index in [0.29, 0.717) is 5.92 Å². The molecule has 0 saturated carbocycles. The highest BCUT2D eigenvalue weighted by Gasteiger charge is 2.27. The molecule has 2 unspecified atom stereocenters. The minimum Gasteiger partial charge on any atom is -0.347 e. The number of carbonyl (C=O) groups excluding carboxylic acids is 1. The van der Waals surface area contributed by atoms with Gasteiger partial charge in [0.2, 0.25) is 5.91 Å². The van der Waals surface area contributed by atoms with E-state index >= 15 is 0 Å². The highest BCUT2D eigenvalue weighted by Crippen LogP contribution is 2.22. The number of likely N-dealkylation sites (N-methyl/N-ethyl adjacent to an activating group) is 1. The first-order valence-corrected chi connectivity index (χ1v) is 7.62. The van der Waals surface area contributed by atoms with E-state index in [4.69, 9.17) is 0 Å². The highest BCUT2D eigenvalue weighted by molar-refractivity contribution is 5.81. The molecule has 1 aliphatic heterocycles. The Labute approximate surface area is 122 Å². The minimum absolute atomic E-state index is 0.00124. The van der Waals surface area contributed by atoms with Gasteiger partial charge in [-0.3, -0.25) is 4.79 Å². The summed E-state index contributed by atoms with van der Waals surface area (Å²) in [5.41, 5.74) is 2.78. The van der Waals surface area contributed by atoms with Crippen LogP contribution in [0.1, 0.15) is 30.9 Å². The van der Waals surface area contributed by atoms with Gasteiger partial charge in [-0.15, -0.1) is 0 Å². The van der Waals surface area contributed by atoms with Crippen LogP contribution in [0.4, 0.5) is 0 Å². The lowest BCUT2D eigenvalue weighted by atomic mass is 9.86. The van der Waals surface area contributed by atoms with Crippen molar-refractivity contribution in [2.75, 3.05) is 20.6 Å². The van der Waals surface area contributed by atoms with Crippen molar-refractivity contribution in [3.63, 3.8) is 0 Å². The molecular formula is C17H26N2O. The number of nitrogens with zero attached hydrogens (tertiary/aromatic N) is 1. The molecule has 0 aromatic heterocycles. The third-order valence-corrected chi connectivity index (χ3v) is 4.21. The third kappa shape index (κ3) is 3.83. The van der Waals surface area contributed by atoms with Crippen LogP contribution in [0.3, 0.4) is 0 Å². The van der Waals surface area contributed by atoms with E-state index in [2.05, 4.69) is 36.5 Å². The van der Waals surface area contributed by atoms with Crippen LogP contribution >= 0.6 is 0 Å². The Balaban J connectivity index is 1.93. The number of amides is 1. The maximum atomic E-state index is 12.0. The second kappa shape index (κ2) is 6.89. The predicted octanol–water partition coefficient (Wildman–Crippen LogP) is 2.25. The fourth-order valence-electron chi connectivity index (χ4n) is 2.93. The van der Waals surface area contributed by atoms with E-state index in [0.717, 1.165) is 32.2 Å². The molecule has 110 valence electrons. The SMILES string of the molecule is CCc1ccc(CC2CCNC(C(=O)N(C)C)C2)cc1. The molecule has 1 aromatic rings. The number of hydrogen-bond donors (Lipinski definition) is 1. The van der Waals surface area contributed by atoms with Crippen LogP contribution in [-0.2, 0) is 17.6 Å². The molecular weight excluding hydrogens is 248 g/mol. The molecule has 1 aromatic carbocycles. The fraction of sp³-hybridized carbons (Fsp3) is 0.588. The number of hydrogen-bond acceptors (Lipinski definition) is 2. The molecule has 1 saturated heterocycles. The van der Waals surface area contributed by atoms with Crippen LogP contribution in [0, 0.1) is 5.92 Å². The van der Waals surface area contributed by atoms with Crippen molar-refractivity contribution >= 4 is 5.91 Å². The summed E-state index contributed by atoms with van der Waals surface area (Å²) in [5, 5.41) is 3.34. The Morgan fingerprint density at radius 3 is 2.50 bits per heavy atom. The summed E-state index contributed by atoms with van der Waals surface area (Å²) < 4.78 is 0. The average Bonchev–Trinajstić information content (AvgIpc) is 2.47. The predicted molar refractivity (Wildman–Crippen MR) is 82.7 cm³/mol. The van der Waals surface area contributed by atoms with Gasteiger partial charge in [0.25, 0.3) is 0 Å². The number of piperidine rings is 1. The Bertz CT molecular complexity index is 439. The Kier molecular flexibility index (Phi) is 5.18. The number of carbonyl (C=O) groups is 1. The van der Waals surface area contributed by atoms with Crippen LogP contribution in [0.2, 0.25) is 0 Å². The van der Waals surface area contributed by atoms with E-state index in [1.807, 2.05) is 14.1 Å². The molecule has 1 heterocycles. The van der Waals surface area contributed by atoms with Crippen molar-refractivity contribution in [1.29, 1.82) is 0 Å². The van der Waals surface area contributed by atoms with E-state index < -0.39 is 0 Å². The molecule has 1 fully saturated rings. The van der Waals surface area contributed by atoms with Crippen LogP contribution < -0.4 is 5.32 Å². The molecule has 0 radical (unpaired) electrons. The Hall–Kier alpha value is -1.35. The van der Waals surface area contributed by atoms with Crippen molar-refractivity contribution in [3.8, 4) is 0 Å². The number of rotatable bonds is 4. The molecule has 2 atom stereocenters. The van der Waals surface area contributed by atoms with Gasteiger partial charge in [-0.2, -0.15) is 0 Å². The maximum Gasteiger partial charge on any atom is 0.239 e. The van der Waals surface area contributed by atoms with Gasteiger partial charge in [-0.25, -0.2) is 0 Å². The Morgan fingerprint density at radius 1 is 1.25 bits per heavy atom. The molecule has 1 amide bonds. The number of nitrogens with one attached hydrogen (secondary N) is 1. The summed E-state index contributed by atoms with van der Waals surface area (Å²) in [6.45, 7) is 3.13. The fourth-order valence-corrected chi connectivity index (χ4v) is 2.93. The van der Waals surface area contributed by atoms with E-state index in [9.17, 15) is 4.79 Å². The van der Waals surface area contributed by atoms with Gasteiger partial charge in [0.15, 0.2) is 0 Å². The first kappa shape index (κ1) is 15.0. The second-order valence-corrected chi connectivity index (χ2v) is 6.00. The van der Waals surface area contributed by atoms with Gasteiger partial charge in [-0.05, 0) is 49.3 Å². The summed E-state index contributed by atoms with van der Waals surface area (Å²) in [6.07, 6.45) is 4.29. The van der Waals surface area contributed by atoms with Gasteiger partial charge < -0.3 is 10.2 Å². The molecule has 20 heavy (non-hydrogen) atoms. The zero-order valence-corrected chi connectivity index (χ0v) is 12.9. The van der Waals surface area contributed by atoms with E-state index in [1.54, 1.807) is 4.90 Å². The highest BCUT2D eigenvalue weighted by atomic mass is 16.2. The maximum absolute atomic E-state index is 12.0. The molecule has 0 bridgehead atoms. The first-order chi connectivity index (χ1) is 9.60. The summed E-state index contributed by atoms with van der Waals surface area (Å²) in [4.78, 5) is 13.7. The smallest absolute Gasteiger partial charge is 0.239 e. The van der Waals surface area contributed by atoms with E-state index in [1.165, 1.54) is 11.1 Å². The topological polar surface area (TPSA) is 32.3 Å². The summed E-state index contributed by atoms with van der Waals surface area (Å²) in [5.74, 6) is 0.814. The molecule has 0 aliphatic carbocycles. The van der Waals surface area contributed by atoms with Crippen LogP contribution in [0.15, 0.2) is 24.3 Å². The minimum atomic E-state index is -0.00124. The normalized spacial score (nSPS) is 22.6. The third-order valence-electron chi connectivity index (χ3n) is 4.21. The second-order valence-electron chi connectivity index (χ2n) is 6.00. The van der Waals surface area contributed by atoms with Gasteiger partial charge in [0, 0.05) is 14.1 Å². The summed E-state index contributed by atoms with van der Waals surface area (Å²) in [6, 6.07) is 8.92. The lowest BCUT2D eigenvalue weighted by Crippen LogP contribution is -2.48. The van der Waals surface area contributed by atoms with Crippen LogP contribution in [0.5, 0.6) is 0 Å². The van der Waals surface area contributed by atoms with Gasteiger partial charge in [0.1, 0.15) is 0 Å². The van der Waals surface area contributed by atoms with Gasteiger partial charge in [0.05, 0.1) is 6.04 Å². The molecule has 2 rings (SSSR count). The van der Waals surface area contributed by atoms with Crippen molar-refractivity contribution in [2.45, 2.75) is 38.6 Å². The van der Waals surface area contributed by atoms with Gasteiger partial charge in [-0.1, -0.05) is 31.2 Å². The first-order valence-electron chi connectivity index (χ1n) is 7.62. The molecule has 1 N–H and O–H groups in total. The molecule has 0 spiro atoms. The number of benzene rings is 1. The van der Waals surface area contributed by atoms with E-state index in [-0.39, 0.29) is 11.9 Å². The molecule has 3 heteroatoms. The zero-order chi connectivity index (χ0) is 14.5. The average molecular weight is 274 g/mol. The van der Waals surface area contributed by atoms with Gasteiger partial charge >= 0.3 is 0 Å². The summed E-state index contributed by atoms with van der Waals surface area (Å²) in [7, 11) is 3.66. The van der Waals surface area contributed by atoms with Crippen LogP contribution in [0.25, 0.3) is 0 Å². The van der Waals surface area contributed by atoms with Crippen molar-refractivity contribution in [1.82, 2.24) is 10.2 Å². The van der Waals surface area contributed by atoms with Crippen molar-refractivity contribution < 1.29 is 4.79 Å². The quantitative estimate of drug-likeness (QED) is 0.913. The molecule has 3 nitrogen and oxygen atoms in total. The van der Waals surface area contributed by atoms with Crippen molar-refractivity contribution in [2.24, 2.45) is 5.92 Å². The lowest BCUT2D eigenvalue weighted by Gasteiger charge is -2.31. The number of aryl methyl sites for hydroxylation is 1. The lowest BCUT2D eigenvalue weighted by molar-refractivity contribution is -0.131. The van der Waals surface area contributed by atoms with Crippen molar-refractivity contribution in [3.05, 3.63) is 35.4 Å². The Morgan fingerprint density at radius 2 is 1.90 bits per heavy atom. The molecule has 1 aliphatic rings.